The number of thioether (sulfide) groups is 1. The van der Waals surface area contributed by atoms with Crippen molar-refractivity contribution < 1.29 is 4.79 Å². The number of amides is 1. The molecule has 3 aromatic rings. The number of rotatable bonds is 5. The first-order valence-electron chi connectivity index (χ1n) is 7.28. The smallest absolute Gasteiger partial charge is 0.234 e. The molecule has 0 saturated heterocycles. The van der Waals surface area contributed by atoms with E-state index in [0.717, 1.165) is 21.3 Å². The van der Waals surface area contributed by atoms with Crippen LogP contribution in [0.2, 0.25) is 0 Å². The number of anilines is 1. The lowest BCUT2D eigenvalue weighted by Crippen LogP contribution is -2.14. The lowest BCUT2D eigenvalue weighted by atomic mass is 10.2. The van der Waals surface area contributed by atoms with Gasteiger partial charge in [0, 0.05) is 15.7 Å². The van der Waals surface area contributed by atoms with Crippen LogP contribution in [0.5, 0.6) is 0 Å². The molecule has 1 amide bonds. The molecule has 3 rings (SSSR count). The lowest BCUT2D eigenvalue weighted by Gasteiger charge is -2.06. The molecule has 0 radical (unpaired) electrons. The largest absolute Gasteiger partial charge is 0.325 e. The van der Waals surface area contributed by atoms with Crippen molar-refractivity contribution in [2.45, 2.75) is 12.1 Å². The average Bonchev–Trinajstić information content (AvgIpc) is 3.06. The summed E-state index contributed by atoms with van der Waals surface area (Å²) in [6.45, 7) is 2.00. The highest BCUT2D eigenvalue weighted by atomic mass is 79.9. The molecule has 7 heteroatoms. The van der Waals surface area contributed by atoms with Gasteiger partial charge in [0.25, 0.3) is 0 Å². The Morgan fingerprint density at radius 1 is 1.25 bits per heavy atom. The molecule has 0 spiro atoms. The Bertz CT molecular complexity index is 851. The Morgan fingerprint density at radius 2 is 2.04 bits per heavy atom. The maximum atomic E-state index is 12.0. The molecular weight excluding hydrogens is 388 g/mol. The Labute approximate surface area is 152 Å². The van der Waals surface area contributed by atoms with E-state index in [1.807, 2.05) is 55.5 Å². The van der Waals surface area contributed by atoms with E-state index >= 15 is 0 Å². The summed E-state index contributed by atoms with van der Waals surface area (Å²) in [5, 5.41) is 10.4. The van der Waals surface area contributed by atoms with Crippen LogP contribution in [0.25, 0.3) is 11.4 Å². The average molecular weight is 403 g/mol. The van der Waals surface area contributed by atoms with Gasteiger partial charge in [-0.15, -0.1) is 5.10 Å². The van der Waals surface area contributed by atoms with Crippen molar-refractivity contribution in [3.8, 4) is 11.4 Å². The second kappa shape index (κ2) is 7.63. The lowest BCUT2D eigenvalue weighted by molar-refractivity contribution is -0.113. The number of benzene rings is 2. The molecule has 0 aliphatic heterocycles. The van der Waals surface area contributed by atoms with Gasteiger partial charge in [0.1, 0.15) is 0 Å². The zero-order valence-corrected chi connectivity index (χ0v) is 15.3. The number of aryl methyl sites for hydroxylation is 1. The predicted octanol–water partition coefficient (Wildman–Crippen LogP) is 4.27. The quantitative estimate of drug-likeness (QED) is 0.624. The number of carbonyl (C=O) groups is 1. The standard InChI is InChI=1S/C17H15BrN4OS/c1-11-7-8-13(9-14(11)18)19-15(23)10-24-17-20-16(21-22-17)12-5-3-2-4-6-12/h2-9H,10H2,1H3,(H,19,23)(H,20,21,22). The van der Waals surface area contributed by atoms with Gasteiger partial charge in [-0.25, -0.2) is 4.98 Å². The third kappa shape index (κ3) is 4.24. The Morgan fingerprint density at radius 3 is 2.79 bits per heavy atom. The van der Waals surface area contributed by atoms with Gasteiger partial charge < -0.3 is 5.32 Å². The van der Waals surface area contributed by atoms with E-state index in [1.54, 1.807) is 0 Å². The number of nitrogens with one attached hydrogen (secondary N) is 2. The van der Waals surface area contributed by atoms with Crippen LogP contribution in [0, 0.1) is 6.92 Å². The van der Waals surface area contributed by atoms with E-state index in [0.29, 0.717) is 11.0 Å². The summed E-state index contributed by atoms with van der Waals surface area (Å²) in [6.07, 6.45) is 0. The number of hydrogen-bond acceptors (Lipinski definition) is 4. The van der Waals surface area contributed by atoms with Crippen molar-refractivity contribution in [3.63, 3.8) is 0 Å². The predicted molar refractivity (Wildman–Crippen MR) is 100 cm³/mol. The number of halogens is 1. The topological polar surface area (TPSA) is 70.7 Å². The number of hydrogen-bond donors (Lipinski definition) is 2. The van der Waals surface area contributed by atoms with Gasteiger partial charge >= 0.3 is 0 Å². The molecule has 0 fully saturated rings. The minimum Gasteiger partial charge on any atom is -0.325 e. The van der Waals surface area contributed by atoms with Crippen molar-refractivity contribution in [2.75, 3.05) is 11.1 Å². The number of H-pyrrole nitrogens is 1. The first-order valence-corrected chi connectivity index (χ1v) is 9.06. The van der Waals surface area contributed by atoms with Gasteiger partial charge in [-0.05, 0) is 24.6 Å². The van der Waals surface area contributed by atoms with Gasteiger partial charge in [0.05, 0.1) is 5.75 Å². The molecule has 1 heterocycles. The normalized spacial score (nSPS) is 10.6. The summed E-state index contributed by atoms with van der Waals surface area (Å²) in [4.78, 5) is 16.4. The van der Waals surface area contributed by atoms with Crippen LogP contribution >= 0.6 is 27.7 Å². The number of aromatic nitrogens is 3. The van der Waals surface area contributed by atoms with Crippen LogP contribution in [-0.2, 0) is 4.79 Å². The molecule has 0 bridgehead atoms. The highest BCUT2D eigenvalue weighted by Crippen LogP contribution is 2.22. The van der Waals surface area contributed by atoms with E-state index in [-0.39, 0.29) is 11.7 Å². The summed E-state index contributed by atoms with van der Waals surface area (Å²) in [5.74, 6) is 0.847. The highest BCUT2D eigenvalue weighted by Gasteiger charge is 2.09. The molecule has 0 atom stereocenters. The summed E-state index contributed by atoms with van der Waals surface area (Å²) >= 11 is 4.75. The number of carbonyl (C=O) groups excluding carboxylic acids is 1. The fraction of sp³-hybridized carbons (Fsp3) is 0.118. The molecule has 2 N–H and O–H groups in total. The molecule has 0 unspecified atom stereocenters. The van der Waals surface area contributed by atoms with E-state index in [9.17, 15) is 4.79 Å². The summed E-state index contributed by atoms with van der Waals surface area (Å²) in [6, 6.07) is 15.5. The molecule has 1 aromatic heterocycles. The first kappa shape index (κ1) is 16.7. The van der Waals surface area contributed by atoms with Gasteiger partial charge in [-0.2, -0.15) is 0 Å². The third-order valence-electron chi connectivity index (χ3n) is 3.30. The third-order valence-corrected chi connectivity index (χ3v) is 5.00. The van der Waals surface area contributed by atoms with Crippen molar-refractivity contribution in [3.05, 3.63) is 58.6 Å². The first-order chi connectivity index (χ1) is 11.6. The Hall–Kier alpha value is -2.12. The van der Waals surface area contributed by atoms with Crippen LogP contribution < -0.4 is 5.32 Å². The van der Waals surface area contributed by atoms with Crippen LogP contribution in [0.15, 0.2) is 58.2 Å². The molecule has 24 heavy (non-hydrogen) atoms. The molecule has 0 aliphatic rings. The van der Waals surface area contributed by atoms with Crippen molar-refractivity contribution in [1.29, 1.82) is 0 Å². The Kier molecular flexibility index (Phi) is 5.32. The van der Waals surface area contributed by atoms with E-state index in [1.165, 1.54) is 11.8 Å². The zero-order chi connectivity index (χ0) is 16.9. The van der Waals surface area contributed by atoms with Gasteiger partial charge in [0.15, 0.2) is 5.82 Å². The summed E-state index contributed by atoms with van der Waals surface area (Å²) in [5.41, 5.74) is 2.85. The second-order valence-electron chi connectivity index (χ2n) is 5.13. The monoisotopic (exact) mass is 402 g/mol. The minimum atomic E-state index is -0.0955. The van der Waals surface area contributed by atoms with Crippen LogP contribution in [0.3, 0.4) is 0 Å². The van der Waals surface area contributed by atoms with Crippen molar-refractivity contribution in [1.82, 2.24) is 15.2 Å². The van der Waals surface area contributed by atoms with Crippen molar-refractivity contribution in [2.24, 2.45) is 0 Å². The highest BCUT2D eigenvalue weighted by molar-refractivity contribution is 9.10. The second-order valence-corrected chi connectivity index (χ2v) is 6.93. The van der Waals surface area contributed by atoms with Gasteiger partial charge in [-0.3, -0.25) is 9.89 Å². The van der Waals surface area contributed by atoms with Crippen LogP contribution in [-0.4, -0.2) is 26.8 Å². The molecule has 0 aliphatic carbocycles. The van der Waals surface area contributed by atoms with Gasteiger partial charge in [-0.1, -0.05) is 64.1 Å². The maximum absolute atomic E-state index is 12.0. The van der Waals surface area contributed by atoms with E-state index in [2.05, 4.69) is 36.4 Å². The summed E-state index contributed by atoms with van der Waals surface area (Å²) in [7, 11) is 0. The fourth-order valence-corrected chi connectivity index (χ4v) is 3.01. The Balaban J connectivity index is 1.56. The fourth-order valence-electron chi connectivity index (χ4n) is 2.03. The van der Waals surface area contributed by atoms with E-state index < -0.39 is 0 Å². The zero-order valence-electron chi connectivity index (χ0n) is 12.9. The molecular formula is C17H15BrN4OS. The van der Waals surface area contributed by atoms with E-state index in [4.69, 9.17) is 0 Å². The summed E-state index contributed by atoms with van der Waals surface area (Å²) < 4.78 is 0.967. The molecule has 0 saturated carbocycles. The van der Waals surface area contributed by atoms with Crippen molar-refractivity contribution >= 4 is 39.3 Å². The molecule has 2 aromatic carbocycles. The minimum absolute atomic E-state index is 0.0955. The number of nitrogens with zero attached hydrogens (tertiary/aromatic N) is 2. The van der Waals surface area contributed by atoms with Gasteiger partial charge in [0.2, 0.25) is 11.1 Å². The molecule has 5 nitrogen and oxygen atoms in total. The van der Waals surface area contributed by atoms with Crippen LogP contribution in [0.4, 0.5) is 5.69 Å². The maximum Gasteiger partial charge on any atom is 0.234 e. The van der Waals surface area contributed by atoms with Crippen LogP contribution in [0.1, 0.15) is 5.56 Å². The molecule has 122 valence electrons. The number of aromatic amines is 1. The SMILES string of the molecule is Cc1ccc(NC(=O)CSc2n[nH]c(-c3ccccc3)n2)cc1Br.